The molecule has 2 atom stereocenters. The molecular weight excluding hydrogens is 184 g/mol. The number of unbranched alkanes of at least 4 members (excludes halogenated alkanes) is 5. The van der Waals surface area contributed by atoms with Gasteiger partial charge >= 0.3 is 0 Å². The van der Waals surface area contributed by atoms with E-state index >= 15 is 0 Å². The molecule has 1 aliphatic rings. The van der Waals surface area contributed by atoms with Crippen LogP contribution in [0.3, 0.4) is 0 Å². The maximum atomic E-state index is 9.93. The molecule has 15 heavy (non-hydrogen) atoms. The van der Waals surface area contributed by atoms with E-state index in [2.05, 4.69) is 20.8 Å². The van der Waals surface area contributed by atoms with E-state index < -0.39 is 0 Å². The van der Waals surface area contributed by atoms with Gasteiger partial charge in [0.25, 0.3) is 0 Å². The Labute approximate surface area is 95.3 Å². The van der Waals surface area contributed by atoms with Crippen molar-refractivity contribution in [2.75, 3.05) is 0 Å². The van der Waals surface area contributed by atoms with Gasteiger partial charge in [-0.05, 0) is 24.2 Å². The number of rotatable bonds is 8. The van der Waals surface area contributed by atoms with Crippen LogP contribution in [0.5, 0.6) is 0 Å². The van der Waals surface area contributed by atoms with Crippen molar-refractivity contribution in [2.24, 2.45) is 11.3 Å². The molecule has 1 N–H and O–H groups in total. The Morgan fingerprint density at radius 3 is 2.20 bits per heavy atom. The van der Waals surface area contributed by atoms with E-state index in [1.54, 1.807) is 0 Å². The molecule has 1 fully saturated rings. The predicted octanol–water partition coefficient (Wildman–Crippen LogP) is 4.14. The van der Waals surface area contributed by atoms with Crippen molar-refractivity contribution in [3.63, 3.8) is 0 Å². The molecule has 1 nitrogen and oxygen atoms in total. The van der Waals surface area contributed by atoms with E-state index in [1.165, 1.54) is 44.9 Å². The van der Waals surface area contributed by atoms with E-state index in [4.69, 9.17) is 0 Å². The molecule has 90 valence electrons. The number of hydrogen-bond donors (Lipinski definition) is 1. The van der Waals surface area contributed by atoms with Gasteiger partial charge in [-0.1, -0.05) is 59.3 Å². The van der Waals surface area contributed by atoms with Gasteiger partial charge in [-0.3, -0.25) is 0 Å². The quantitative estimate of drug-likeness (QED) is 0.599. The molecule has 0 aromatic carbocycles. The minimum atomic E-state index is -0.0221. The first-order valence-corrected chi connectivity index (χ1v) is 6.76. The second-order valence-electron chi connectivity index (χ2n) is 5.92. The van der Waals surface area contributed by atoms with Crippen LogP contribution < -0.4 is 0 Å². The van der Waals surface area contributed by atoms with Crippen molar-refractivity contribution in [1.82, 2.24) is 0 Å². The molecule has 1 heteroatoms. The molecule has 0 heterocycles. The molecule has 0 radical (unpaired) electrons. The van der Waals surface area contributed by atoms with Crippen LogP contribution >= 0.6 is 0 Å². The smallest absolute Gasteiger partial charge is 0.0573 e. The minimum Gasteiger partial charge on any atom is -0.393 e. The third-order valence-corrected chi connectivity index (χ3v) is 3.91. The Morgan fingerprint density at radius 2 is 1.67 bits per heavy atom. The van der Waals surface area contributed by atoms with E-state index in [0.29, 0.717) is 11.3 Å². The minimum absolute atomic E-state index is 0.0221. The topological polar surface area (TPSA) is 20.2 Å². The summed E-state index contributed by atoms with van der Waals surface area (Å²) in [5.41, 5.74) is 0.432. The zero-order valence-corrected chi connectivity index (χ0v) is 10.8. The number of aliphatic hydroxyl groups excluding tert-OH is 1. The fourth-order valence-corrected chi connectivity index (χ4v) is 2.50. The molecule has 1 aliphatic carbocycles. The average molecular weight is 212 g/mol. The van der Waals surface area contributed by atoms with E-state index in [-0.39, 0.29) is 6.10 Å². The fourth-order valence-electron chi connectivity index (χ4n) is 2.50. The normalized spacial score (nSPS) is 25.2. The van der Waals surface area contributed by atoms with Gasteiger partial charge in [0.2, 0.25) is 0 Å². The van der Waals surface area contributed by atoms with E-state index in [1.807, 2.05) is 0 Å². The van der Waals surface area contributed by atoms with Crippen molar-refractivity contribution >= 4 is 0 Å². The lowest BCUT2D eigenvalue weighted by Gasteiger charge is -2.11. The Morgan fingerprint density at radius 1 is 1.13 bits per heavy atom. The third kappa shape index (κ3) is 4.55. The standard InChI is InChI=1S/C14H28O/c1-4-5-6-7-8-9-10-13(15)12-11-14(12,2)3/h12-13,15H,4-11H2,1-3H3. The van der Waals surface area contributed by atoms with Gasteiger partial charge in [0.1, 0.15) is 0 Å². The molecule has 1 rings (SSSR count). The zero-order valence-electron chi connectivity index (χ0n) is 10.8. The predicted molar refractivity (Wildman–Crippen MR) is 65.9 cm³/mol. The summed E-state index contributed by atoms with van der Waals surface area (Å²) in [6.07, 6.45) is 10.2. The highest BCUT2D eigenvalue weighted by Crippen LogP contribution is 2.54. The molecule has 2 unspecified atom stereocenters. The number of aliphatic hydroxyl groups is 1. The fraction of sp³-hybridized carbons (Fsp3) is 1.00. The monoisotopic (exact) mass is 212 g/mol. The highest BCUT2D eigenvalue weighted by atomic mass is 16.3. The van der Waals surface area contributed by atoms with Gasteiger partial charge in [0.15, 0.2) is 0 Å². The molecular formula is C14H28O. The summed E-state index contributed by atoms with van der Waals surface area (Å²) >= 11 is 0. The molecule has 0 saturated heterocycles. The highest BCUT2D eigenvalue weighted by Gasteiger charge is 2.49. The SMILES string of the molecule is CCCCCCCCC(O)C1CC1(C)C. The Balaban J connectivity index is 1.92. The molecule has 0 amide bonds. The number of hydrogen-bond acceptors (Lipinski definition) is 1. The highest BCUT2D eigenvalue weighted by molar-refractivity contribution is 4.98. The van der Waals surface area contributed by atoms with Crippen molar-refractivity contribution in [2.45, 2.75) is 78.2 Å². The molecule has 0 aromatic heterocycles. The van der Waals surface area contributed by atoms with Crippen molar-refractivity contribution in [3.05, 3.63) is 0 Å². The van der Waals surface area contributed by atoms with Gasteiger partial charge in [-0.15, -0.1) is 0 Å². The van der Waals surface area contributed by atoms with Crippen molar-refractivity contribution < 1.29 is 5.11 Å². The first kappa shape index (κ1) is 13.0. The van der Waals surface area contributed by atoms with Gasteiger partial charge in [0.05, 0.1) is 6.10 Å². The lowest BCUT2D eigenvalue weighted by atomic mass is 10.0. The lowest BCUT2D eigenvalue weighted by Crippen LogP contribution is -2.12. The molecule has 1 saturated carbocycles. The summed E-state index contributed by atoms with van der Waals surface area (Å²) in [5.74, 6) is 0.591. The van der Waals surface area contributed by atoms with Crippen LogP contribution in [-0.2, 0) is 0 Å². The van der Waals surface area contributed by atoms with Crippen LogP contribution in [0.25, 0.3) is 0 Å². The summed E-state index contributed by atoms with van der Waals surface area (Å²) in [7, 11) is 0. The maximum Gasteiger partial charge on any atom is 0.0573 e. The van der Waals surface area contributed by atoms with Gasteiger partial charge in [-0.25, -0.2) is 0 Å². The summed E-state index contributed by atoms with van der Waals surface area (Å²) in [6.45, 7) is 6.78. The van der Waals surface area contributed by atoms with Gasteiger partial charge < -0.3 is 5.11 Å². The summed E-state index contributed by atoms with van der Waals surface area (Å²) in [5, 5.41) is 9.93. The van der Waals surface area contributed by atoms with Gasteiger partial charge in [0, 0.05) is 0 Å². The third-order valence-electron chi connectivity index (χ3n) is 3.91. The van der Waals surface area contributed by atoms with Crippen LogP contribution in [0.2, 0.25) is 0 Å². The summed E-state index contributed by atoms with van der Waals surface area (Å²) in [4.78, 5) is 0. The first-order valence-electron chi connectivity index (χ1n) is 6.76. The molecule has 0 aromatic rings. The molecule has 0 bridgehead atoms. The molecule has 0 aliphatic heterocycles. The van der Waals surface area contributed by atoms with Crippen LogP contribution in [0.4, 0.5) is 0 Å². The first-order chi connectivity index (χ1) is 7.08. The Bertz CT molecular complexity index is 174. The average Bonchev–Trinajstić information content (AvgIpc) is 2.81. The lowest BCUT2D eigenvalue weighted by molar-refractivity contribution is 0.124. The van der Waals surface area contributed by atoms with Crippen LogP contribution in [0.1, 0.15) is 72.1 Å². The summed E-state index contributed by atoms with van der Waals surface area (Å²) < 4.78 is 0. The second-order valence-corrected chi connectivity index (χ2v) is 5.92. The van der Waals surface area contributed by atoms with Crippen LogP contribution in [0.15, 0.2) is 0 Å². The van der Waals surface area contributed by atoms with E-state index in [0.717, 1.165) is 6.42 Å². The largest absolute Gasteiger partial charge is 0.393 e. The van der Waals surface area contributed by atoms with Crippen LogP contribution in [0, 0.1) is 11.3 Å². The molecule has 0 spiro atoms. The van der Waals surface area contributed by atoms with Crippen molar-refractivity contribution in [3.8, 4) is 0 Å². The van der Waals surface area contributed by atoms with Gasteiger partial charge in [-0.2, -0.15) is 0 Å². The zero-order chi connectivity index (χ0) is 11.3. The maximum absolute atomic E-state index is 9.93. The Hall–Kier alpha value is -0.0400. The van der Waals surface area contributed by atoms with E-state index in [9.17, 15) is 5.11 Å². The van der Waals surface area contributed by atoms with Crippen LogP contribution in [-0.4, -0.2) is 11.2 Å². The Kier molecular flexibility index (Phi) is 5.11. The second kappa shape index (κ2) is 5.89. The van der Waals surface area contributed by atoms with Crippen molar-refractivity contribution in [1.29, 1.82) is 0 Å². The summed E-state index contributed by atoms with van der Waals surface area (Å²) in [6, 6.07) is 0.